The van der Waals surface area contributed by atoms with Crippen LogP contribution in [0.15, 0.2) is 38.9 Å². The molecule has 0 amide bonds. The van der Waals surface area contributed by atoms with Gasteiger partial charge in [0.1, 0.15) is 15.8 Å². The molecule has 2 heterocycles. The molecular weight excluding hydrogens is 358 g/mol. The van der Waals surface area contributed by atoms with E-state index in [1.807, 2.05) is 30.3 Å². The van der Waals surface area contributed by atoms with Crippen molar-refractivity contribution in [2.45, 2.75) is 15.1 Å². The van der Waals surface area contributed by atoms with Crippen LogP contribution in [0.4, 0.5) is 5.13 Å². The normalized spacial score (nSPS) is 10.4. The van der Waals surface area contributed by atoms with E-state index in [2.05, 4.69) is 26.0 Å². The third kappa shape index (κ3) is 3.56. The van der Waals surface area contributed by atoms with Gasteiger partial charge in [0.05, 0.1) is 0 Å². The smallest absolute Gasteiger partial charge is 0.206 e. The van der Waals surface area contributed by atoms with Crippen molar-refractivity contribution in [1.82, 2.24) is 14.6 Å². The highest BCUT2D eigenvalue weighted by atomic mass is 35.5. The van der Waals surface area contributed by atoms with E-state index in [0.717, 1.165) is 13.7 Å². The monoisotopic (exact) mass is 365 g/mol. The summed E-state index contributed by atoms with van der Waals surface area (Å²) >= 11 is 9.83. The SMILES string of the molecule is N#Cc1c(Cl)nsc1Sc1nnc(NCc2ccccc2)s1. The number of hydrogen-bond donors (Lipinski definition) is 1. The van der Waals surface area contributed by atoms with E-state index in [1.165, 1.54) is 40.2 Å². The molecule has 0 aliphatic rings. The Labute approximate surface area is 144 Å². The highest BCUT2D eigenvalue weighted by Gasteiger charge is 2.15. The molecule has 0 bridgehead atoms. The summed E-state index contributed by atoms with van der Waals surface area (Å²) < 4.78 is 5.45. The molecule has 0 spiro atoms. The van der Waals surface area contributed by atoms with Crippen molar-refractivity contribution in [1.29, 1.82) is 5.26 Å². The summed E-state index contributed by atoms with van der Waals surface area (Å²) in [4.78, 5) is 0. The first-order valence-electron chi connectivity index (χ1n) is 6.10. The molecule has 0 aliphatic heterocycles. The average molecular weight is 366 g/mol. The van der Waals surface area contributed by atoms with E-state index in [1.54, 1.807) is 0 Å². The lowest BCUT2D eigenvalue weighted by Gasteiger charge is -2.00. The lowest BCUT2D eigenvalue weighted by atomic mass is 10.2. The van der Waals surface area contributed by atoms with Gasteiger partial charge in [-0.1, -0.05) is 53.3 Å². The first kappa shape index (κ1) is 15.2. The number of nitrogens with one attached hydrogen (secondary N) is 1. The second-order valence-electron chi connectivity index (χ2n) is 4.06. The molecule has 110 valence electrons. The highest BCUT2D eigenvalue weighted by Crippen LogP contribution is 2.38. The Kier molecular flexibility index (Phi) is 4.90. The van der Waals surface area contributed by atoms with Crippen molar-refractivity contribution in [3.8, 4) is 6.07 Å². The summed E-state index contributed by atoms with van der Waals surface area (Å²) in [6, 6.07) is 12.1. The molecule has 0 saturated carbocycles. The molecule has 0 fully saturated rings. The van der Waals surface area contributed by atoms with Crippen LogP contribution in [0.25, 0.3) is 0 Å². The van der Waals surface area contributed by atoms with Gasteiger partial charge in [-0.2, -0.15) is 9.64 Å². The van der Waals surface area contributed by atoms with Crippen molar-refractivity contribution in [3.63, 3.8) is 0 Å². The van der Waals surface area contributed by atoms with Crippen LogP contribution in [-0.4, -0.2) is 14.6 Å². The summed E-state index contributed by atoms with van der Waals surface area (Å²) in [6.45, 7) is 0.690. The number of aromatic nitrogens is 3. The van der Waals surface area contributed by atoms with Crippen LogP contribution in [0, 0.1) is 11.3 Å². The molecule has 22 heavy (non-hydrogen) atoms. The number of benzene rings is 1. The van der Waals surface area contributed by atoms with Gasteiger partial charge in [0.25, 0.3) is 0 Å². The Balaban J connectivity index is 1.65. The number of nitrogens with zero attached hydrogens (tertiary/aromatic N) is 4. The van der Waals surface area contributed by atoms with E-state index >= 15 is 0 Å². The minimum absolute atomic E-state index is 0.238. The van der Waals surface area contributed by atoms with Gasteiger partial charge in [-0.3, -0.25) is 0 Å². The van der Waals surface area contributed by atoms with Crippen LogP contribution in [0.5, 0.6) is 0 Å². The fraction of sp³-hybridized carbons (Fsp3) is 0.0769. The second kappa shape index (κ2) is 7.07. The van der Waals surface area contributed by atoms with Gasteiger partial charge >= 0.3 is 0 Å². The maximum Gasteiger partial charge on any atom is 0.206 e. The lowest BCUT2D eigenvalue weighted by Crippen LogP contribution is -1.98. The Bertz CT molecular complexity index is 809. The molecule has 0 unspecified atom stereocenters. The summed E-state index contributed by atoms with van der Waals surface area (Å²) in [5.74, 6) is 0. The molecule has 0 atom stereocenters. The third-order valence-corrected chi connectivity index (χ3v) is 5.92. The maximum atomic E-state index is 9.06. The van der Waals surface area contributed by atoms with Crippen LogP contribution in [0.2, 0.25) is 5.15 Å². The van der Waals surface area contributed by atoms with Gasteiger partial charge in [-0.15, -0.1) is 10.2 Å². The van der Waals surface area contributed by atoms with Crippen LogP contribution >= 0.6 is 46.2 Å². The van der Waals surface area contributed by atoms with Crippen molar-refractivity contribution in [2.24, 2.45) is 0 Å². The summed E-state index contributed by atoms with van der Waals surface area (Å²) in [7, 11) is 0. The van der Waals surface area contributed by atoms with E-state index in [4.69, 9.17) is 16.9 Å². The number of halogens is 1. The molecule has 1 aromatic carbocycles. The minimum atomic E-state index is 0.238. The fourth-order valence-electron chi connectivity index (χ4n) is 1.59. The predicted octanol–water partition coefficient (Wildman–Crippen LogP) is 4.28. The molecule has 0 radical (unpaired) electrons. The van der Waals surface area contributed by atoms with Gasteiger partial charge in [-0.25, -0.2) is 0 Å². The number of hydrogen-bond acceptors (Lipinski definition) is 8. The van der Waals surface area contributed by atoms with Crippen LogP contribution in [0.3, 0.4) is 0 Å². The zero-order valence-corrected chi connectivity index (χ0v) is 14.2. The summed E-state index contributed by atoms with van der Waals surface area (Å²) in [5, 5.41) is 21.5. The quantitative estimate of drug-likeness (QED) is 0.727. The third-order valence-electron chi connectivity index (χ3n) is 2.60. The molecule has 1 N–H and O–H groups in total. The number of nitriles is 1. The Morgan fingerprint density at radius 1 is 1.27 bits per heavy atom. The maximum absolute atomic E-state index is 9.06. The van der Waals surface area contributed by atoms with Crippen LogP contribution in [0.1, 0.15) is 11.1 Å². The zero-order valence-electron chi connectivity index (χ0n) is 11.0. The highest BCUT2D eigenvalue weighted by molar-refractivity contribution is 8.02. The Morgan fingerprint density at radius 3 is 2.86 bits per heavy atom. The first-order chi connectivity index (χ1) is 10.8. The predicted molar refractivity (Wildman–Crippen MR) is 89.6 cm³/mol. The summed E-state index contributed by atoms with van der Waals surface area (Å²) in [5.41, 5.74) is 1.57. The van der Waals surface area contributed by atoms with Crippen molar-refractivity contribution >= 4 is 51.4 Å². The Morgan fingerprint density at radius 2 is 2.09 bits per heavy atom. The standard InChI is InChI=1S/C13H8ClN5S3/c14-10-9(6-15)11(22-19-10)20-13-18-17-12(21-13)16-7-8-4-2-1-3-5-8/h1-5H,7H2,(H,16,17). The number of anilines is 1. The lowest BCUT2D eigenvalue weighted by molar-refractivity contribution is 0.996. The van der Waals surface area contributed by atoms with Gasteiger partial charge < -0.3 is 5.32 Å². The summed E-state index contributed by atoms with van der Waals surface area (Å²) in [6.07, 6.45) is 0. The molecule has 0 saturated heterocycles. The molecule has 3 rings (SSSR count). The van der Waals surface area contributed by atoms with Gasteiger partial charge in [-0.05, 0) is 28.9 Å². The van der Waals surface area contributed by atoms with Gasteiger partial charge in [0, 0.05) is 6.54 Å². The first-order valence-corrected chi connectivity index (χ1v) is 8.89. The van der Waals surface area contributed by atoms with Crippen LogP contribution < -0.4 is 5.32 Å². The fourth-order valence-corrected chi connectivity index (χ4v) is 4.70. The number of rotatable bonds is 5. The largest absolute Gasteiger partial charge is 0.356 e. The second-order valence-corrected chi connectivity index (χ2v) is 7.69. The average Bonchev–Trinajstić information content (AvgIpc) is 3.13. The van der Waals surface area contributed by atoms with E-state index in [9.17, 15) is 0 Å². The van der Waals surface area contributed by atoms with Crippen molar-refractivity contribution in [3.05, 3.63) is 46.6 Å². The Hall–Kier alpha value is -1.66. The van der Waals surface area contributed by atoms with E-state index in [0.29, 0.717) is 12.1 Å². The topological polar surface area (TPSA) is 74.5 Å². The van der Waals surface area contributed by atoms with Gasteiger partial charge in [0.15, 0.2) is 9.49 Å². The molecule has 9 heteroatoms. The van der Waals surface area contributed by atoms with Gasteiger partial charge in [0.2, 0.25) is 5.13 Å². The molecule has 5 nitrogen and oxygen atoms in total. The molecule has 2 aromatic heterocycles. The molecule has 3 aromatic rings. The van der Waals surface area contributed by atoms with E-state index < -0.39 is 0 Å². The van der Waals surface area contributed by atoms with E-state index in [-0.39, 0.29) is 5.15 Å². The molecular formula is C13H8ClN5S3. The zero-order chi connectivity index (χ0) is 15.4. The molecule has 0 aliphatic carbocycles. The van der Waals surface area contributed by atoms with Crippen molar-refractivity contribution < 1.29 is 0 Å². The van der Waals surface area contributed by atoms with Crippen molar-refractivity contribution in [2.75, 3.05) is 5.32 Å². The minimum Gasteiger partial charge on any atom is -0.356 e. The van der Waals surface area contributed by atoms with Crippen LogP contribution in [-0.2, 0) is 6.54 Å².